The van der Waals surface area contributed by atoms with E-state index in [1.807, 2.05) is 23.7 Å². The first kappa shape index (κ1) is 14.5. The number of hydrogen-bond donors (Lipinski definition) is 1. The zero-order valence-electron chi connectivity index (χ0n) is 12.0. The number of nitrogens with one attached hydrogen (secondary N) is 1. The Bertz CT molecular complexity index is 509. The van der Waals surface area contributed by atoms with Crippen molar-refractivity contribution in [2.75, 3.05) is 6.54 Å². The number of hydrogen-bond acceptors (Lipinski definition) is 5. The maximum absolute atomic E-state index is 5.67. The summed E-state index contributed by atoms with van der Waals surface area (Å²) in [5.41, 5.74) is 1.02. The highest BCUT2D eigenvalue weighted by atomic mass is 16.5. The van der Waals surface area contributed by atoms with Crippen molar-refractivity contribution in [3.05, 3.63) is 36.2 Å². The van der Waals surface area contributed by atoms with Gasteiger partial charge < -0.3 is 10.1 Å². The number of rotatable bonds is 8. The highest BCUT2D eigenvalue weighted by Gasteiger charge is 2.04. The Balaban J connectivity index is 1.84. The van der Waals surface area contributed by atoms with Crippen molar-refractivity contribution in [1.82, 2.24) is 25.1 Å². The Morgan fingerprint density at radius 3 is 2.85 bits per heavy atom. The second-order valence-electron chi connectivity index (χ2n) is 4.44. The van der Waals surface area contributed by atoms with E-state index in [2.05, 4.69) is 27.3 Å². The number of aromatic nitrogens is 4. The van der Waals surface area contributed by atoms with Crippen LogP contribution >= 0.6 is 0 Å². The molecule has 2 aromatic rings. The van der Waals surface area contributed by atoms with Gasteiger partial charge in [-0.25, -0.2) is 9.67 Å². The van der Waals surface area contributed by atoms with Gasteiger partial charge in [-0.3, -0.25) is 4.98 Å². The molecule has 0 spiro atoms. The smallest absolute Gasteiger partial charge is 0.164 e. The molecule has 0 saturated heterocycles. The number of pyridine rings is 1. The van der Waals surface area contributed by atoms with Crippen LogP contribution in [0.25, 0.3) is 0 Å². The number of ether oxygens (including phenoxy) is 1. The van der Waals surface area contributed by atoms with Crippen LogP contribution in [0, 0.1) is 0 Å². The van der Waals surface area contributed by atoms with Gasteiger partial charge in [0.2, 0.25) is 0 Å². The quantitative estimate of drug-likeness (QED) is 0.744. The van der Waals surface area contributed by atoms with E-state index in [1.54, 1.807) is 12.5 Å². The van der Waals surface area contributed by atoms with Crippen molar-refractivity contribution in [1.29, 1.82) is 0 Å². The molecule has 0 unspecified atom stereocenters. The second-order valence-corrected chi connectivity index (χ2v) is 4.44. The van der Waals surface area contributed by atoms with Gasteiger partial charge in [0.25, 0.3) is 0 Å². The van der Waals surface area contributed by atoms with E-state index in [0.29, 0.717) is 6.61 Å². The summed E-state index contributed by atoms with van der Waals surface area (Å²) in [5, 5.41) is 7.42. The van der Waals surface area contributed by atoms with Gasteiger partial charge in [-0.1, -0.05) is 6.92 Å². The summed E-state index contributed by atoms with van der Waals surface area (Å²) in [5.74, 6) is 1.57. The lowest BCUT2D eigenvalue weighted by Gasteiger charge is -2.07. The Morgan fingerprint density at radius 2 is 2.15 bits per heavy atom. The fourth-order valence-corrected chi connectivity index (χ4v) is 1.81. The molecule has 0 amide bonds. The number of nitrogens with zero attached hydrogens (tertiary/aromatic N) is 4. The normalized spacial score (nSPS) is 10.7. The lowest BCUT2D eigenvalue weighted by Crippen LogP contribution is -2.14. The molecular weight excluding hydrogens is 254 g/mol. The van der Waals surface area contributed by atoms with Gasteiger partial charge in [-0.15, -0.1) is 0 Å². The highest BCUT2D eigenvalue weighted by molar-refractivity contribution is 5.19. The lowest BCUT2D eigenvalue weighted by atomic mass is 10.3. The molecule has 2 aromatic heterocycles. The first-order valence-corrected chi connectivity index (χ1v) is 6.98. The first-order valence-electron chi connectivity index (χ1n) is 6.98. The molecule has 0 fully saturated rings. The van der Waals surface area contributed by atoms with Crippen molar-refractivity contribution in [3.63, 3.8) is 0 Å². The Kier molecular flexibility index (Phi) is 5.49. The maximum Gasteiger partial charge on any atom is 0.164 e. The molecule has 2 heterocycles. The van der Waals surface area contributed by atoms with E-state index in [1.165, 1.54) is 0 Å². The average Bonchev–Trinajstić information content (AvgIpc) is 2.94. The standard InChI is InChI=1S/C14H21N5O/c1-3-7-15-8-12-5-6-13(9-16-12)20-10-14-17-11-18-19(14)4-2/h5-6,9,11,15H,3-4,7-8,10H2,1-2H3. The lowest BCUT2D eigenvalue weighted by molar-refractivity contribution is 0.286. The van der Waals surface area contributed by atoms with Crippen LogP contribution < -0.4 is 10.1 Å². The van der Waals surface area contributed by atoms with Crippen LogP contribution in [-0.2, 0) is 19.7 Å². The third-order valence-corrected chi connectivity index (χ3v) is 2.89. The van der Waals surface area contributed by atoms with Crippen molar-refractivity contribution in [2.45, 2.75) is 40.0 Å². The Labute approximate surface area is 119 Å². The summed E-state index contributed by atoms with van der Waals surface area (Å²) in [7, 11) is 0. The molecule has 0 aromatic carbocycles. The third-order valence-electron chi connectivity index (χ3n) is 2.89. The van der Waals surface area contributed by atoms with Gasteiger partial charge >= 0.3 is 0 Å². The van der Waals surface area contributed by atoms with E-state index >= 15 is 0 Å². The van der Waals surface area contributed by atoms with E-state index in [9.17, 15) is 0 Å². The molecule has 0 aliphatic carbocycles. The molecule has 20 heavy (non-hydrogen) atoms. The van der Waals surface area contributed by atoms with E-state index in [4.69, 9.17) is 4.74 Å². The fourth-order valence-electron chi connectivity index (χ4n) is 1.81. The molecule has 0 bridgehead atoms. The van der Waals surface area contributed by atoms with Crippen LogP contribution in [0.3, 0.4) is 0 Å². The van der Waals surface area contributed by atoms with E-state index in [-0.39, 0.29) is 0 Å². The summed E-state index contributed by atoms with van der Waals surface area (Å²) >= 11 is 0. The summed E-state index contributed by atoms with van der Waals surface area (Å²) in [6.07, 6.45) is 4.41. The Hall–Kier alpha value is -1.95. The second kappa shape index (κ2) is 7.59. The minimum absolute atomic E-state index is 0.406. The maximum atomic E-state index is 5.67. The molecule has 2 rings (SSSR count). The van der Waals surface area contributed by atoms with Crippen LogP contribution in [0.15, 0.2) is 24.7 Å². The molecule has 6 nitrogen and oxygen atoms in total. The molecule has 0 aliphatic heterocycles. The minimum atomic E-state index is 0.406. The number of aryl methyl sites for hydroxylation is 1. The van der Waals surface area contributed by atoms with Gasteiger partial charge in [0, 0.05) is 13.1 Å². The first-order chi connectivity index (χ1) is 9.83. The van der Waals surface area contributed by atoms with Crippen molar-refractivity contribution in [3.8, 4) is 5.75 Å². The van der Waals surface area contributed by atoms with Gasteiger partial charge in [-0.2, -0.15) is 5.10 Å². The zero-order chi connectivity index (χ0) is 14.2. The van der Waals surface area contributed by atoms with Crippen molar-refractivity contribution in [2.24, 2.45) is 0 Å². The fraction of sp³-hybridized carbons (Fsp3) is 0.500. The average molecular weight is 275 g/mol. The van der Waals surface area contributed by atoms with Gasteiger partial charge in [0.05, 0.1) is 11.9 Å². The molecule has 0 saturated carbocycles. The van der Waals surface area contributed by atoms with Gasteiger partial charge in [0.1, 0.15) is 18.7 Å². The SMILES string of the molecule is CCCNCc1ccc(OCc2ncnn2CC)cn1. The van der Waals surface area contributed by atoms with Crippen molar-refractivity contribution < 1.29 is 4.74 Å². The topological polar surface area (TPSA) is 64.9 Å². The molecule has 0 aliphatic rings. The molecule has 1 N–H and O–H groups in total. The monoisotopic (exact) mass is 275 g/mol. The Morgan fingerprint density at radius 1 is 1.25 bits per heavy atom. The largest absolute Gasteiger partial charge is 0.484 e. The van der Waals surface area contributed by atoms with E-state index in [0.717, 1.165) is 43.3 Å². The predicted octanol–water partition coefficient (Wildman–Crippen LogP) is 1.77. The summed E-state index contributed by atoms with van der Waals surface area (Å²) in [6.45, 7) is 7.16. The molecule has 0 radical (unpaired) electrons. The zero-order valence-corrected chi connectivity index (χ0v) is 12.0. The van der Waals surface area contributed by atoms with Gasteiger partial charge in [-0.05, 0) is 32.0 Å². The van der Waals surface area contributed by atoms with E-state index < -0.39 is 0 Å². The molecule has 0 atom stereocenters. The summed E-state index contributed by atoms with van der Waals surface area (Å²) in [4.78, 5) is 8.53. The minimum Gasteiger partial charge on any atom is -0.484 e. The van der Waals surface area contributed by atoms with Crippen LogP contribution in [0.4, 0.5) is 0 Å². The predicted molar refractivity (Wildman–Crippen MR) is 76.3 cm³/mol. The summed E-state index contributed by atoms with van der Waals surface area (Å²) in [6, 6.07) is 3.91. The molecule has 6 heteroatoms. The van der Waals surface area contributed by atoms with Crippen LogP contribution in [0.2, 0.25) is 0 Å². The summed E-state index contributed by atoms with van der Waals surface area (Å²) < 4.78 is 7.48. The van der Waals surface area contributed by atoms with Crippen LogP contribution in [0.1, 0.15) is 31.8 Å². The van der Waals surface area contributed by atoms with Gasteiger partial charge in [0.15, 0.2) is 5.82 Å². The third kappa shape index (κ3) is 4.03. The molecular formula is C14H21N5O. The highest BCUT2D eigenvalue weighted by Crippen LogP contribution is 2.11. The van der Waals surface area contributed by atoms with Crippen LogP contribution in [0.5, 0.6) is 5.75 Å². The van der Waals surface area contributed by atoms with Crippen molar-refractivity contribution >= 4 is 0 Å². The molecule has 108 valence electrons. The van der Waals surface area contributed by atoms with Crippen LogP contribution in [-0.4, -0.2) is 26.3 Å².